The van der Waals surface area contributed by atoms with Gasteiger partial charge in [0.05, 0.1) is 11.8 Å². The Labute approximate surface area is 193 Å². The van der Waals surface area contributed by atoms with Crippen LogP contribution in [0, 0.1) is 17.8 Å². The number of Topliss-reactive ketones (excluding diaryl/α,β-unsaturated/α-hetero) is 1. The normalized spacial score (nSPS) is 35.7. The Balaban J connectivity index is 2.59. The summed E-state index contributed by atoms with van der Waals surface area (Å²) in [6.07, 6.45) is -4.05. The second-order valence-electron chi connectivity index (χ2n) is 9.35. The molecule has 1 heterocycles. The Bertz CT molecular complexity index is 854. The minimum Gasteiger partial charge on any atom is -0.459 e. The Hall–Kier alpha value is -2.52. The number of aliphatic hydroxyl groups excluding tert-OH is 1. The fourth-order valence-electron chi connectivity index (χ4n) is 4.02. The Morgan fingerprint density at radius 1 is 1.27 bits per heavy atom. The molecule has 0 spiro atoms. The van der Waals surface area contributed by atoms with Crippen molar-refractivity contribution in [1.82, 2.24) is 0 Å². The predicted octanol–water partition coefficient (Wildman–Crippen LogP) is 1.64. The second kappa shape index (κ2) is 10.2. The highest BCUT2D eigenvalue weighted by molar-refractivity contribution is 5.93. The molecule has 1 saturated heterocycles. The maximum atomic E-state index is 13.0. The van der Waals surface area contributed by atoms with Crippen molar-refractivity contribution in [3.8, 4) is 0 Å². The number of esters is 3. The summed E-state index contributed by atoms with van der Waals surface area (Å²) in [4.78, 5) is 50.4. The predicted molar refractivity (Wildman–Crippen MR) is 117 cm³/mol. The van der Waals surface area contributed by atoms with Crippen LogP contribution in [0.15, 0.2) is 23.8 Å². The van der Waals surface area contributed by atoms with Crippen LogP contribution in [-0.4, -0.2) is 63.9 Å². The summed E-state index contributed by atoms with van der Waals surface area (Å²) < 4.78 is 16.4. The molecular weight excluding hydrogens is 432 g/mol. The highest BCUT2D eigenvalue weighted by Crippen LogP contribution is 2.41. The van der Waals surface area contributed by atoms with Gasteiger partial charge in [0.25, 0.3) is 0 Å². The molecule has 2 aliphatic rings. The molecule has 0 radical (unpaired) electrons. The van der Waals surface area contributed by atoms with Crippen LogP contribution in [0.25, 0.3) is 0 Å². The van der Waals surface area contributed by atoms with E-state index in [1.807, 2.05) is 0 Å². The van der Waals surface area contributed by atoms with Crippen LogP contribution >= 0.6 is 0 Å². The van der Waals surface area contributed by atoms with Crippen molar-refractivity contribution in [2.45, 2.75) is 84.4 Å². The van der Waals surface area contributed by atoms with E-state index in [9.17, 15) is 29.4 Å². The molecule has 9 heteroatoms. The SMILES string of the molecule is C=C1C(=O)O[C@H]2[C@H]1[C@@H](O)[C@H](OC(=O)C(C)C)[C@@H](C)CCC(=O)[C@@](C)(O)[C@@H]2OC(=O)/C(C)=C\C. The first-order valence-corrected chi connectivity index (χ1v) is 11.1. The molecule has 1 aliphatic carbocycles. The van der Waals surface area contributed by atoms with Gasteiger partial charge in [-0.3, -0.25) is 9.59 Å². The molecule has 184 valence electrons. The van der Waals surface area contributed by atoms with Gasteiger partial charge in [0, 0.05) is 17.6 Å². The molecule has 0 aromatic carbocycles. The molecule has 33 heavy (non-hydrogen) atoms. The summed E-state index contributed by atoms with van der Waals surface area (Å²) in [5.41, 5.74) is -2.12. The third kappa shape index (κ3) is 5.35. The van der Waals surface area contributed by atoms with E-state index in [-0.39, 0.29) is 24.0 Å². The molecule has 1 aliphatic heterocycles. The van der Waals surface area contributed by atoms with Crippen molar-refractivity contribution in [3.63, 3.8) is 0 Å². The first kappa shape index (κ1) is 26.7. The lowest BCUT2D eigenvalue weighted by atomic mass is 9.75. The number of carbonyl (C=O) groups excluding carboxylic acids is 4. The van der Waals surface area contributed by atoms with Gasteiger partial charge in [-0.1, -0.05) is 33.4 Å². The van der Waals surface area contributed by atoms with Gasteiger partial charge in [-0.05, 0) is 33.1 Å². The fraction of sp³-hybridized carbons (Fsp3) is 0.667. The Kier molecular flexibility index (Phi) is 8.24. The zero-order valence-corrected chi connectivity index (χ0v) is 20.0. The van der Waals surface area contributed by atoms with Crippen LogP contribution in [0.4, 0.5) is 0 Å². The first-order chi connectivity index (χ1) is 15.2. The molecule has 0 aromatic rings. The molecule has 2 rings (SSSR count). The lowest BCUT2D eigenvalue weighted by molar-refractivity contribution is -0.195. The number of fused-ring (bicyclic) bond motifs is 1. The van der Waals surface area contributed by atoms with Crippen LogP contribution in [-0.2, 0) is 33.4 Å². The quantitative estimate of drug-likeness (QED) is 0.360. The van der Waals surface area contributed by atoms with E-state index < -0.39 is 71.5 Å². The van der Waals surface area contributed by atoms with Crippen molar-refractivity contribution in [2.75, 3.05) is 0 Å². The monoisotopic (exact) mass is 466 g/mol. The number of hydrogen-bond donors (Lipinski definition) is 2. The summed E-state index contributed by atoms with van der Waals surface area (Å²) in [5.74, 6) is -5.02. The Morgan fingerprint density at radius 3 is 2.42 bits per heavy atom. The van der Waals surface area contributed by atoms with Crippen LogP contribution in [0.5, 0.6) is 0 Å². The maximum Gasteiger partial charge on any atom is 0.334 e. The number of ketones is 1. The van der Waals surface area contributed by atoms with E-state index in [0.29, 0.717) is 0 Å². The third-order valence-electron chi connectivity index (χ3n) is 6.48. The van der Waals surface area contributed by atoms with Crippen molar-refractivity contribution in [1.29, 1.82) is 0 Å². The summed E-state index contributed by atoms with van der Waals surface area (Å²) in [6.45, 7) is 13.0. The molecule has 7 atom stereocenters. The van der Waals surface area contributed by atoms with Crippen LogP contribution in [0.1, 0.15) is 54.4 Å². The van der Waals surface area contributed by atoms with E-state index in [1.165, 1.54) is 19.9 Å². The van der Waals surface area contributed by atoms with Gasteiger partial charge in [0.1, 0.15) is 12.2 Å². The summed E-state index contributed by atoms with van der Waals surface area (Å²) >= 11 is 0. The van der Waals surface area contributed by atoms with Gasteiger partial charge in [0.15, 0.2) is 23.6 Å². The van der Waals surface area contributed by atoms with Crippen molar-refractivity contribution >= 4 is 23.7 Å². The lowest BCUT2D eigenvalue weighted by Crippen LogP contribution is -2.59. The largest absolute Gasteiger partial charge is 0.459 e. The van der Waals surface area contributed by atoms with Crippen LogP contribution in [0.3, 0.4) is 0 Å². The standard InChI is InChI=1S/C24H34O9/c1-8-12(4)22(28)33-20-19-16(14(6)23(29)32-19)17(26)18(31-21(27)11(2)3)13(5)9-10-15(25)24(20,7)30/h8,11,13,16-20,26,30H,6,9-10H2,1-5,7H3/b12-8-/t13-,16+,17+,18+,19-,20+,24+/m0/s1. The van der Waals surface area contributed by atoms with Crippen LogP contribution < -0.4 is 0 Å². The molecule has 1 saturated carbocycles. The zero-order valence-electron chi connectivity index (χ0n) is 20.0. The van der Waals surface area contributed by atoms with E-state index in [4.69, 9.17) is 14.2 Å². The molecule has 0 aromatic heterocycles. The van der Waals surface area contributed by atoms with E-state index >= 15 is 0 Å². The fourth-order valence-corrected chi connectivity index (χ4v) is 4.02. The highest BCUT2D eigenvalue weighted by atomic mass is 16.6. The van der Waals surface area contributed by atoms with Crippen molar-refractivity contribution in [3.05, 3.63) is 23.8 Å². The van der Waals surface area contributed by atoms with E-state index in [2.05, 4.69) is 6.58 Å². The van der Waals surface area contributed by atoms with Gasteiger partial charge >= 0.3 is 17.9 Å². The molecule has 0 amide bonds. The highest BCUT2D eigenvalue weighted by Gasteiger charge is 2.58. The molecule has 2 fully saturated rings. The summed E-state index contributed by atoms with van der Waals surface area (Å²) in [5, 5.41) is 22.5. The summed E-state index contributed by atoms with van der Waals surface area (Å²) in [6, 6.07) is 0. The number of aliphatic hydroxyl groups is 2. The molecular formula is C24H34O9. The van der Waals surface area contributed by atoms with Crippen molar-refractivity contribution in [2.24, 2.45) is 17.8 Å². The van der Waals surface area contributed by atoms with Gasteiger partial charge in [-0.2, -0.15) is 0 Å². The minimum absolute atomic E-state index is 0.127. The second-order valence-corrected chi connectivity index (χ2v) is 9.35. The number of carbonyl (C=O) groups is 4. The van der Waals surface area contributed by atoms with E-state index in [1.54, 1.807) is 27.7 Å². The smallest absolute Gasteiger partial charge is 0.334 e. The maximum absolute atomic E-state index is 13.0. The Morgan fingerprint density at radius 2 is 1.88 bits per heavy atom. The van der Waals surface area contributed by atoms with Gasteiger partial charge in [-0.25, -0.2) is 9.59 Å². The third-order valence-corrected chi connectivity index (χ3v) is 6.48. The topological polar surface area (TPSA) is 136 Å². The average molecular weight is 467 g/mol. The average Bonchev–Trinajstić information content (AvgIpc) is 3.05. The van der Waals surface area contributed by atoms with Crippen molar-refractivity contribution < 1.29 is 43.6 Å². The number of rotatable bonds is 4. The number of hydrogen-bond acceptors (Lipinski definition) is 9. The van der Waals surface area contributed by atoms with Gasteiger partial charge < -0.3 is 24.4 Å². The minimum atomic E-state index is -2.21. The number of allylic oxidation sites excluding steroid dienone is 1. The molecule has 9 nitrogen and oxygen atoms in total. The molecule has 0 unspecified atom stereocenters. The molecule has 2 N–H and O–H groups in total. The van der Waals surface area contributed by atoms with E-state index in [0.717, 1.165) is 0 Å². The van der Waals surface area contributed by atoms with Gasteiger partial charge in [0.2, 0.25) is 0 Å². The molecule has 0 bridgehead atoms. The zero-order chi connectivity index (χ0) is 25.2. The first-order valence-electron chi connectivity index (χ1n) is 11.1. The number of ether oxygens (including phenoxy) is 3. The summed E-state index contributed by atoms with van der Waals surface area (Å²) in [7, 11) is 0. The lowest BCUT2D eigenvalue weighted by Gasteiger charge is -2.40. The van der Waals surface area contributed by atoms with Gasteiger partial charge in [-0.15, -0.1) is 0 Å². The van der Waals surface area contributed by atoms with Crippen LogP contribution in [0.2, 0.25) is 0 Å².